The molecular weight excluding hydrogens is 262 g/mol. The molecule has 2 rings (SSSR count). The van der Waals surface area contributed by atoms with Crippen LogP contribution in [0.15, 0.2) is 12.7 Å². The van der Waals surface area contributed by atoms with Crippen LogP contribution in [0.2, 0.25) is 0 Å². The Morgan fingerprint density at radius 3 is 2.43 bits per heavy atom. The zero-order chi connectivity index (χ0) is 16.2. The molecule has 1 saturated heterocycles. The molecule has 0 spiro atoms. The van der Waals surface area contributed by atoms with Gasteiger partial charge in [-0.15, -0.1) is 6.58 Å². The lowest BCUT2D eigenvalue weighted by atomic mass is 9.72. The second-order valence-electron chi connectivity index (χ2n) is 8.13. The molecule has 118 valence electrons. The number of piperidine rings is 1. The molecule has 1 aliphatic carbocycles. The number of allylic oxidation sites excluding steroid dienone is 1. The molecule has 3 atom stereocenters. The maximum Gasteiger partial charge on any atom is 0.236 e. The van der Waals surface area contributed by atoms with Crippen LogP contribution in [-0.4, -0.2) is 22.3 Å². The minimum Gasteiger partial charge on any atom is -0.275 e. The van der Waals surface area contributed by atoms with Gasteiger partial charge in [0.15, 0.2) is 0 Å². The highest BCUT2D eigenvalue weighted by Gasteiger charge is 2.68. The van der Waals surface area contributed by atoms with Crippen LogP contribution in [0.3, 0.4) is 0 Å². The zero-order valence-corrected chi connectivity index (χ0v) is 14.3. The number of rotatable bonds is 4. The van der Waals surface area contributed by atoms with E-state index in [4.69, 9.17) is 0 Å². The van der Waals surface area contributed by atoms with E-state index in [1.54, 1.807) is 11.0 Å². The molecule has 2 aliphatic rings. The molecule has 0 radical (unpaired) electrons. The predicted molar refractivity (Wildman–Crippen MR) is 84.5 cm³/mol. The molecule has 1 aliphatic heterocycles. The summed E-state index contributed by atoms with van der Waals surface area (Å²) in [5.41, 5.74) is -1.03. The van der Waals surface area contributed by atoms with Crippen molar-refractivity contribution < 1.29 is 9.59 Å². The second kappa shape index (κ2) is 4.69. The molecule has 0 N–H and O–H groups in total. The molecule has 2 bridgehead atoms. The summed E-state index contributed by atoms with van der Waals surface area (Å²) < 4.78 is 0. The number of fused-ring (bicyclic) bond motifs is 2. The van der Waals surface area contributed by atoms with Crippen LogP contribution in [0.4, 0.5) is 0 Å². The lowest BCUT2D eigenvalue weighted by molar-refractivity contribution is -0.159. The van der Waals surface area contributed by atoms with Gasteiger partial charge in [0.1, 0.15) is 0 Å². The van der Waals surface area contributed by atoms with Gasteiger partial charge in [0, 0.05) is 5.92 Å². The molecule has 0 aromatic rings. The van der Waals surface area contributed by atoms with Gasteiger partial charge in [-0.2, -0.15) is 0 Å². The number of carbonyl (C=O) groups is 2. The molecule has 2 fully saturated rings. The number of likely N-dealkylation sites (tertiary alicyclic amines) is 1. The normalized spacial score (nSPS) is 33.4. The monoisotopic (exact) mass is 291 g/mol. The second-order valence-corrected chi connectivity index (χ2v) is 8.13. The molecule has 1 heterocycles. The van der Waals surface area contributed by atoms with Crippen molar-refractivity contribution in [3.63, 3.8) is 0 Å². The predicted octanol–water partition coefficient (Wildman–Crippen LogP) is 3.79. The number of carbonyl (C=O) groups excluding carboxylic acids is 2. The van der Waals surface area contributed by atoms with Gasteiger partial charge in [0.2, 0.25) is 11.8 Å². The summed E-state index contributed by atoms with van der Waals surface area (Å²) in [6.45, 7) is 16.2. The molecule has 3 heteroatoms. The largest absolute Gasteiger partial charge is 0.275 e. The Morgan fingerprint density at radius 2 is 2.05 bits per heavy atom. The summed E-state index contributed by atoms with van der Waals surface area (Å²) in [6, 6.07) is 0. The van der Waals surface area contributed by atoms with Crippen LogP contribution in [0.5, 0.6) is 0 Å². The Hall–Kier alpha value is -1.12. The zero-order valence-electron chi connectivity index (χ0n) is 14.3. The number of amides is 2. The molecule has 2 amide bonds. The Morgan fingerprint density at radius 1 is 1.48 bits per heavy atom. The van der Waals surface area contributed by atoms with Crippen LogP contribution >= 0.6 is 0 Å². The Kier molecular flexibility index (Phi) is 3.63. The van der Waals surface area contributed by atoms with Crippen LogP contribution in [0.1, 0.15) is 60.8 Å². The van der Waals surface area contributed by atoms with Crippen LogP contribution in [0.25, 0.3) is 0 Å². The van der Waals surface area contributed by atoms with Gasteiger partial charge in [0.25, 0.3) is 0 Å². The van der Waals surface area contributed by atoms with Gasteiger partial charge < -0.3 is 0 Å². The highest BCUT2D eigenvalue weighted by atomic mass is 16.2. The van der Waals surface area contributed by atoms with E-state index in [2.05, 4.69) is 27.4 Å². The number of imide groups is 1. The van der Waals surface area contributed by atoms with E-state index in [9.17, 15) is 9.59 Å². The lowest BCUT2D eigenvalue weighted by Gasteiger charge is -2.44. The molecule has 0 aromatic heterocycles. The van der Waals surface area contributed by atoms with Gasteiger partial charge in [-0.3, -0.25) is 14.5 Å². The van der Waals surface area contributed by atoms with Gasteiger partial charge >= 0.3 is 0 Å². The lowest BCUT2D eigenvalue weighted by Crippen LogP contribution is -2.57. The smallest absolute Gasteiger partial charge is 0.236 e. The van der Waals surface area contributed by atoms with Gasteiger partial charge in [-0.25, -0.2) is 0 Å². The average Bonchev–Trinajstić information content (AvgIpc) is 2.68. The minimum atomic E-state index is -0.555. The first-order chi connectivity index (χ1) is 9.54. The third-order valence-electron chi connectivity index (χ3n) is 6.73. The molecular formula is C18H29NO2. The Balaban J connectivity index is 2.45. The number of hydrogen-bond acceptors (Lipinski definition) is 2. The van der Waals surface area contributed by atoms with Crippen molar-refractivity contribution >= 4 is 11.8 Å². The SMILES string of the molecule is C=CC[C@](C)(C(=O)N1C(=O)[C@H]2CC[C@]1(C)C2(C)C)C(C)C. The summed E-state index contributed by atoms with van der Waals surface area (Å²) in [5, 5.41) is 0. The van der Waals surface area contributed by atoms with E-state index < -0.39 is 5.41 Å². The summed E-state index contributed by atoms with van der Waals surface area (Å²) in [7, 11) is 0. The van der Waals surface area contributed by atoms with Crippen LogP contribution in [-0.2, 0) is 9.59 Å². The quantitative estimate of drug-likeness (QED) is 0.739. The fourth-order valence-corrected chi connectivity index (χ4v) is 4.16. The van der Waals surface area contributed by atoms with Crippen molar-refractivity contribution in [2.45, 2.75) is 66.3 Å². The summed E-state index contributed by atoms with van der Waals surface area (Å²) in [5.74, 6) is 0.183. The van der Waals surface area contributed by atoms with Gasteiger partial charge in [0.05, 0.1) is 11.0 Å². The Bertz CT molecular complexity index is 493. The van der Waals surface area contributed by atoms with Crippen molar-refractivity contribution in [1.82, 2.24) is 4.90 Å². The third-order valence-corrected chi connectivity index (χ3v) is 6.73. The van der Waals surface area contributed by atoms with E-state index in [-0.39, 0.29) is 34.6 Å². The van der Waals surface area contributed by atoms with E-state index in [1.807, 2.05) is 20.8 Å². The summed E-state index contributed by atoms with van der Waals surface area (Å²) in [4.78, 5) is 27.6. The van der Waals surface area contributed by atoms with Crippen LogP contribution in [0, 0.1) is 22.7 Å². The maximum atomic E-state index is 13.2. The molecule has 3 nitrogen and oxygen atoms in total. The van der Waals surface area contributed by atoms with Gasteiger partial charge in [-0.05, 0) is 37.5 Å². The standard InChI is InChI=1S/C18H29NO2/c1-8-10-17(6,12(2)3)15(21)19-14(20)13-9-11-18(19,7)16(13,4)5/h8,12-13H,1,9-11H2,2-7H3/t13-,17+,18-/m1/s1. The molecule has 1 saturated carbocycles. The van der Waals surface area contributed by atoms with Crippen molar-refractivity contribution in [1.29, 1.82) is 0 Å². The topological polar surface area (TPSA) is 37.4 Å². The van der Waals surface area contributed by atoms with E-state index in [0.29, 0.717) is 6.42 Å². The first-order valence-corrected chi connectivity index (χ1v) is 8.03. The summed E-state index contributed by atoms with van der Waals surface area (Å²) in [6.07, 6.45) is 4.23. The van der Waals surface area contributed by atoms with Crippen molar-refractivity contribution in [3.05, 3.63) is 12.7 Å². The highest BCUT2D eigenvalue weighted by molar-refractivity contribution is 6.03. The van der Waals surface area contributed by atoms with Crippen LogP contribution < -0.4 is 0 Å². The fourth-order valence-electron chi connectivity index (χ4n) is 4.16. The first kappa shape index (κ1) is 16.3. The fraction of sp³-hybridized carbons (Fsp3) is 0.778. The third kappa shape index (κ3) is 1.85. The highest BCUT2D eigenvalue weighted by Crippen LogP contribution is 2.60. The summed E-state index contributed by atoms with van der Waals surface area (Å²) >= 11 is 0. The van der Waals surface area contributed by atoms with Crippen molar-refractivity contribution in [2.75, 3.05) is 0 Å². The first-order valence-electron chi connectivity index (χ1n) is 8.03. The average molecular weight is 291 g/mol. The van der Waals surface area contributed by atoms with Crippen molar-refractivity contribution in [2.24, 2.45) is 22.7 Å². The minimum absolute atomic E-state index is 0.00778. The molecule has 0 unspecified atom stereocenters. The van der Waals surface area contributed by atoms with E-state index in [1.165, 1.54) is 0 Å². The van der Waals surface area contributed by atoms with Crippen molar-refractivity contribution in [3.8, 4) is 0 Å². The maximum absolute atomic E-state index is 13.2. The number of nitrogens with zero attached hydrogens (tertiary/aromatic N) is 1. The molecule has 21 heavy (non-hydrogen) atoms. The van der Waals surface area contributed by atoms with E-state index in [0.717, 1.165) is 12.8 Å². The number of hydrogen-bond donors (Lipinski definition) is 0. The Labute approximate surface area is 128 Å². The van der Waals surface area contributed by atoms with E-state index >= 15 is 0 Å². The van der Waals surface area contributed by atoms with Gasteiger partial charge in [-0.1, -0.05) is 40.7 Å². The molecule has 0 aromatic carbocycles.